The van der Waals surface area contributed by atoms with Crippen LogP contribution in [0.2, 0.25) is 0 Å². The van der Waals surface area contributed by atoms with Gasteiger partial charge in [0.25, 0.3) is 0 Å². The normalized spacial score (nSPS) is 13.1. The Kier molecular flexibility index (Phi) is 4.15. The quantitative estimate of drug-likeness (QED) is 0.236. The molecule has 0 N–H and O–H groups in total. The number of hydrogen-bond donors (Lipinski definition) is 0. The number of aromatic nitrogens is 1. The van der Waals surface area contributed by atoms with Gasteiger partial charge in [0.05, 0.1) is 20.4 Å². The van der Waals surface area contributed by atoms with E-state index < -0.39 is 0 Å². The van der Waals surface area contributed by atoms with E-state index in [-0.39, 0.29) is 0 Å². The molecule has 2 heterocycles. The average Bonchev–Trinajstić information content (AvgIpc) is 3.00. The maximum absolute atomic E-state index is 2.40. The van der Waals surface area contributed by atoms with E-state index in [1.807, 2.05) is 34.0 Å². The SMILES string of the molecule is C1=Cc2sc3cc4sc5ccccc5n(-c5ccccc5)c4cc3sc2C=CC1. The molecule has 5 aromatic rings. The van der Waals surface area contributed by atoms with Crippen molar-refractivity contribution in [3.63, 3.8) is 0 Å². The minimum absolute atomic E-state index is 1.01. The van der Waals surface area contributed by atoms with Gasteiger partial charge in [0.2, 0.25) is 0 Å². The maximum atomic E-state index is 2.40. The van der Waals surface area contributed by atoms with Gasteiger partial charge in [-0.3, -0.25) is 0 Å². The molecule has 29 heavy (non-hydrogen) atoms. The Morgan fingerprint density at radius 1 is 0.586 bits per heavy atom. The fraction of sp³-hybridized carbons (Fsp3) is 0.0400. The molecule has 0 radical (unpaired) electrons. The summed E-state index contributed by atoms with van der Waals surface area (Å²) in [5.74, 6) is 0. The lowest BCUT2D eigenvalue weighted by Crippen LogP contribution is -1.98. The Morgan fingerprint density at radius 3 is 2.07 bits per heavy atom. The first-order chi connectivity index (χ1) is 14.4. The van der Waals surface area contributed by atoms with Crippen LogP contribution in [0.25, 0.3) is 47.7 Å². The molecule has 0 atom stereocenters. The van der Waals surface area contributed by atoms with E-state index in [9.17, 15) is 0 Å². The predicted octanol–water partition coefficient (Wildman–Crippen LogP) is 8.68. The summed E-state index contributed by atoms with van der Waals surface area (Å²) in [5.41, 5.74) is 3.72. The first kappa shape index (κ1) is 17.2. The number of hydrogen-bond acceptors (Lipinski definition) is 3. The third-order valence-electron chi connectivity index (χ3n) is 5.10. The number of para-hydroxylation sites is 2. The van der Waals surface area contributed by atoms with Gasteiger partial charge >= 0.3 is 0 Å². The Hall–Kier alpha value is -2.66. The summed E-state index contributed by atoms with van der Waals surface area (Å²) in [6, 6.07) is 24.1. The van der Waals surface area contributed by atoms with Gasteiger partial charge in [0.1, 0.15) is 0 Å². The minimum atomic E-state index is 1.01. The second-order valence-electron chi connectivity index (χ2n) is 6.98. The summed E-state index contributed by atoms with van der Waals surface area (Å²) >= 11 is 5.66. The van der Waals surface area contributed by atoms with Crippen molar-refractivity contribution in [1.29, 1.82) is 0 Å². The highest BCUT2D eigenvalue weighted by atomic mass is 32.1. The highest BCUT2D eigenvalue weighted by molar-refractivity contribution is 7.30. The van der Waals surface area contributed by atoms with Gasteiger partial charge < -0.3 is 4.57 Å². The molecular weight excluding hydrogens is 410 g/mol. The third-order valence-corrected chi connectivity index (χ3v) is 8.74. The number of allylic oxidation sites excluding steroid dienone is 2. The molecular formula is C25H17NS3. The summed E-state index contributed by atoms with van der Waals surface area (Å²) in [7, 11) is 0. The van der Waals surface area contributed by atoms with Gasteiger partial charge in [-0.05, 0) is 55.0 Å². The molecule has 0 amide bonds. The lowest BCUT2D eigenvalue weighted by atomic mass is 10.2. The van der Waals surface area contributed by atoms with Gasteiger partial charge in [-0.25, -0.2) is 0 Å². The molecule has 4 heteroatoms. The van der Waals surface area contributed by atoms with Crippen LogP contribution in [0.5, 0.6) is 0 Å². The largest absolute Gasteiger partial charge is 0.308 e. The van der Waals surface area contributed by atoms with E-state index in [0.717, 1.165) is 6.42 Å². The molecule has 0 fully saturated rings. The monoisotopic (exact) mass is 427 g/mol. The van der Waals surface area contributed by atoms with Crippen LogP contribution in [0.1, 0.15) is 16.2 Å². The van der Waals surface area contributed by atoms with E-state index in [1.54, 1.807) is 0 Å². The van der Waals surface area contributed by atoms with Crippen molar-refractivity contribution in [2.75, 3.05) is 0 Å². The summed E-state index contributed by atoms with van der Waals surface area (Å²) < 4.78 is 7.71. The van der Waals surface area contributed by atoms with Crippen molar-refractivity contribution >= 4 is 76.0 Å². The molecule has 1 nitrogen and oxygen atoms in total. The maximum Gasteiger partial charge on any atom is 0.0649 e. The molecule has 0 saturated carbocycles. The lowest BCUT2D eigenvalue weighted by Gasteiger charge is -2.16. The molecule has 1 aliphatic rings. The molecule has 0 unspecified atom stereocenters. The van der Waals surface area contributed by atoms with Gasteiger partial charge in [-0.15, -0.1) is 34.0 Å². The molecule has 140 valence electrons. The summed E-state index contributed by atoms with van der Waals surface area (Å²) in [4.78, 5) is 2.71. The molecule has 0 aliphatic heterocycles. The first-order valence-electron chi connectivity index (χ1n) is 9.60. The summed E-state index contributed by atoms with van der Waals surface area (Å²) in [6.45, 7) is 0. The van der Waals surface area contributed by atoms with Gasteiger partial charge in [0, 0.05) is 24.8 Å². The van der Waals surface area contributed by atoms with Crippen molar-refractivity contribution in [3.8, 4) is 5.69 Å². The highest BCUT2D eigenvalue weighted by Gasteiger charge is 2.12. The molecule has 2 aromatic heterocycles. The number of nitrogens with zero attached hydrogens (tertiary/aromatic N) is 1. The summed E-state index contributed by atoms with van der Waals surface area (Å²) in [5, 5.41) is 0. The second kappa shape index (κ2) is 6.99. The van der Waals surface area contributed by atoms with E-state index in [4.69, 9.17) is 0 Å². The molecule has 3 aromatic carbocycles. The van der Waals surface area contributed by atoms with Crippen molar-refractivity contribution in [3.05, 3.63) is 88.6 Å². The van der Waals surface area contributed by atoms with Crippen molar-refractivity contribution < 1.29 is 0 Å². The van der Waals surface area contributed by atoms with Crippen molar-refractivity contribution in [2.24, 2.45) is 0 Å². The standard InChI is InChI=1S/C25H17NS3/c1-3-9-17(10-4-1)26-18-11-7-8-12-20(18)27-23-16-25-24(15-19(23)26)28-21-13-5-2-6-14-22(21)29-25/h1,3-16H,2H2. The Bertz CT molecular complexity index is 1470. The number of rotatable bonds is 1. The Balaban J connectivity index is 1.76. The zero-order valence-corrected chi connectivity index (χ0v) is 18.0. The van der Waals surface area contributed by atoms with Crippen molar-refractivity contribution in [2.45, 2.75) is 6.42 Å². The van der Waals surface area contributed by atoms with Crippen LogP contribution >= 0.6 is 34.0 Å². The van der Waals surface area contributed by atoms with Gasteiger partial charge in [-0.2, -0.15) is 0 Å². The highest BCUT2D eigenvalue weighted by Crippen LogP contribution is 2.39. The smallest absolute Gasteiger partial charge is 0.0649 e. The molecule has 6 rings (SSSR count). The van der Waals surface area contributed by atoms with Crippen LogP contribution in [0, 0.1) is 0 Å². The van der Waals surface area contributed by atoms with E-state index in [0.29, 0.717) is 0 Å². The molecule has 0 spiro atoms. The average molecular weight is 428 g/mol. The van der Waals surface area contributed by atoms with E-state index in [1.165, 1.54) is 45.3 Å². The van der Waals surface area contributed by atoms with Crippen LogP contribution in [0.4, 0.5) is 0 Å². The first-order valence-corrected chi connectivity index (χ1v) is 12.0. The van der Waals surface area contributed by atoms with E-state index in [2.05, 4.69) is 95.6 Å². The summed E-state index contributed by atoms with van der Waals surface area (Å²) in [6.07, 6.45) is 10.0. The Labute approximate surface area is 180 Å². The fourth-order valence-electron chi connectivity index (χ4n) is 3.78. The zero-order valence-electron chi connectivity index (χ0n) is 15.5. The van der Waals surface area contributed by atoms with E-state index >= 15 is 0 Å². The van der Waals surface area contributed by atoms with Crippen LogP contribution < -0.4 is 0 Å². The second-order valence-corrected chi connectivity index (χ2v) is 10.2. The van der Waals surface area contributed by atoms with Crippen LogP contribution in [0.3, 0.4) is 0 Å². The minimum Gasteiger partial charge on any atom is -0.308 e. The number of fused-ring (bicyclic) bond motifs is 4. The molecule has 0 bridgehead atoms. The molecule has 0 saturated heterocycles. The zero-order chi connectivity index (χ0) is 19.2. The van der Waals surface area contributed by atoms with Crippen LogP contribution in [0.15, 0.2) is 78.9 Å². The van der Waals surface area contributed by atoms with Crippen molar-refractivity contribution in [1.82, 2.24) is 4.57 Å². The number of benzene rings is 3. The fourth-order valence-corrected chi connectivity index (χ4v) is 7.24. The van der Waals surface area contributed by atoms with Crippen LogP contribution in [-0.4, -0.2) is 4.57 Å². The predicted molar refractivity (Wildman–Crippen MR) is 132 cm³/mol. The lowest BCUT2D eigenvalue weighted by molar-refractivity contribution is 1.17. The third kappa shape index (κ3) is 2.96. The Morgan fingerprint density at radius 2 is 1.28 bits per heavy atom. The van der Waals surface area contributed by atoms with Crippen LogP contribution in [-0.2, 0) is 0 Å². The van der Waals surface area contributed by atoms with Gasteiger partial charge in [0.15, 0.2) is 0 Å². The topological polar surface area (TPSA) is 4.93 Å². The van der Waals surface area contributed by atoms with Gasteiger partial charge in [-0.1, -0.05) is 42.5 Å². The molecule has 1 aliphatic carbocycles.